The maximum absolute atomic E-state index is 11.6. The molecular weight excluding hydrogens is 358 g/mol. The van der Waals surface area contributed by atoms with Crippen LogP contribution in [-0.2, 0) is 4.74 Å². The fourth-order valence-electron chi connectivity index (χ4n) is 2.98. The van der Waals surface area contributed by atoms with Crippen LogP contribution in [0, 0.1) is 20.8 Å². The van der Waals surface area contributed by atoms with Crippen molar-refractivity contribution in [3.8, 4) is 5.69 Å². The first-order chi connectivity index (χ1) is 13.4. The summed E-state index contributed by atoms with van der Waals surface area (Å²) in [7, 11) is 1.36. The summed E-state index contributed by atoms with van der Waals surface area (Å²) in [4.78, 5) is 29.8. The van der Waals surface area contributed by atoms with Crippen LogP contribution in [0.15, 0.2) is 46.3 Å². The zero-order valence-electron chi connectivity index (χ0n) is 16.1. The Hall–Kier alpha value is -3.68. The van der Waals surface area contributed by atoms with Crippen LogP contribution in [0.5, 0.6) is 0 Å². The Morgan fingerprint density at radius 3 is 2.57 bits per heavy atom. The van der Waals surface area contributed by atoms with Crippen molar-refractivity contribution in [3.05, 3.63) is 75.0 Å². The summed E-state index contributed by atoms with van der Waals surface area (Å²) in [5, 5.41) is 4.17. The lowest BCUT2D eigenvalue weighted by Crippen LogP contribution is -2.10. The predicted octanol–water partition coefficient (Wildman–Crippen LogP) is 2.72. The number of H-pyrrole nitrogens is 1. The molecule has 0 amide bonds. The number of aryl methyl sites for hydroxylation is 2. The van der Waals surface area contributed by atoms with Gasteiger partial charge in [-0.15, -0.1) is 0 Å². The second kappa shape index (κ2) is 7.91. The predicted molar refractivity (Wildman–Crippen MR) is 107 cm³/mol. The largest absolute Gasteiger partial charge is 0.465 e. The number of aromatic amines is 1. The quantitative estimate of drug-likeness (QED) is 0.403. The van der Waals surface area contributed by atoms with Crippen LogP contribution >= 0.6 is 0 Å². The van der Waals surface area contributed by atoms with Crippen LogP contribution in [0.1, 0.15) is 33.0 Å². The van der Waals surface area contributed by atoms with E-state index in [-0.39, 0.29) is 17.5 Å². The zero-order chi connectivity index (χ0) is 20.3. The third kappa shape index (κ3) is 4.01. The Balaban J connectivity index is 1.83. The number of benzene rings is 1. The Kier molecular flexibility index (Phi) is 5.39. The number of anilines is 1. The average Bonchev–Trinajstić information content (AvgIpc) is 2.94. The van der Waals surface area contributed by atoms with Crippen molar-refractivity contribution < 1.29 is 9.53 Å². The number of hydrazone groups is 1. The summed E-state index contributed by atoms with van der Waals surface area (Å²) >= 11 is 0. The number of carbonyl (C=O) groups is 1. The second-order valence-corrected chi connectivity index (χ2v) is 6.31. The Morgan fingerprint density at radius 2 is 1.93 bits per heavy atom. The highest BCUT2D eigenvalue weighted by molar-refractivity contribution is 5.89. The number of carbonyl (C=O) groups excluding carboxylic acids is 1. The minimum atomic E-state index is -0.366. The van der Waals surface area contributed by atoms with E-state index in [9.17, 15) is 9.59 Å². The minimum Gasteiger partial charge on any atom is -0.465 e. The number of hydrogen-bond donors (Lipinski definition) is 2. The van der Waals surface area contributed by atoms with E-state index in [1.54, 1.807) is 25.3 Å². The van der Waals surface area contributed by atoms with Crippen LogP contribution < -0.4 is 11.0 Å². The molecular formula is C20H21N5O3. The highest BCUT2D eigenvalue weighted by Gasteiger charge is 2.11. The van der Waals surface area contributed by atoms with Gasteiger partial charge in [-0.05, 0) is 51.1 Å². The Morgan fingerprint density at radius 1 is 1.21 bits per heavy atom. The van der Waals surface area contributed by atoms with Gasteiger partial charge in [0.05, 0.1) is 18.9 Å². The van der Waals surface area contributed by atoms with E-state index in [2.05, 4.69) is 25.1 Å². The van der Waals surface area contributed by atoms with E-state index in [1.807, 2.05) is 32.0 Å². The number of aromatic nitrogens is 3. The minimum absolute atomic E-state index is 0.237. The molecule has 144 valence electrons. The van der Waals surface area contributed by atoms with E-state index < -0.39 is 0 Å². The SMILES string of the molecule is COC(=O)c1ccc(-n2c(C)cc(C=NNc3nc(C)cc(=O)[nH]3)c2C)cc1. The topological polar surface area (TPSA) is 101 Å². The molecule has 0 radical (unpaired) electrons. The molecule has 8 nitrogen and oxygen atoms in total. The number of hydrogen-bond acceptors (Lipinski definition) is 6. The maximum Gasteiger partial charge on any atom is 0.337 e. The summed E-state index contributed by atoms with van der Waals surface area (Å²) in [5.74, 6) is -0.0809. The van der Waals surface area contributed by atoms with Crippen molar-refractivity contribution in [2.75, 3.05) is 12.5 Å². The molecule has 2 heterocycles. The summed E-state index contributed by atoms with van der Waals surface area (Å²) in [5.41, 5.74) is 7.46. The van der Waals surface area contributed by atoms with Gasteiger partial charge < -0.3 is 9.30 Å². The van der Waals surface area contributed by atoms with Gasteiger partial charge in [-0.1, -0.05) is 0 Å². The molecule has 0 unspecified atom stereocenters. The summed E-state index contributed by atoms with van der Waals surface area (Å²) in [6.07, 6.45) is 1.67. The summed E-state index contributed by atoms with van der Waals surface area (Å²) in [6.45, 7) is 5.71. The Bertz CT molecular complexity index is 1090. The molecule has 0 spiro atoms. The number of ether oxygens (including phenoxy) is 1. The molecule has 0 atom stereocenters. The molecule has 3 aromatic rings. The van der Waals surface area contributed by atoms with Crippen LogP contribution in [0.4, 0.5) is 5.95 Å². The van der Waals surface area contributed by atoms with E-state index in [0.29, 0.717) is 11.3 Å². The maximum atomic E-state index is 11.6. The van der Waals surface area contributed by atoms with Gasteiger partial charge in [0, 0.05) is 34.4 Å². The van der Waals surface area contributed by atoms with Crippen molar-refractivity contribution in [2.45, 2.75) is 20.8 Å². The van der Waals surface area contributed by atoms with E-state index in [4.69, 9.17) is 4.74 Å². The van der Waals surface area contributed by atoms with Gasteiger partial charge in [-0.3, -0.25) is 9.78 Å². The molecule has 8 heteroatoms. The number of rotatable bonds is 5. The number of nitrogens with one attached hydrogen (secondary N) is 2. The Labute approximate surface area is 161 Å². The monoisotopic (exact) mass is 379 g/mol. The van der Waals surface area contributed by atoms with Crippen molar-refractivity contribution in [3.63, 3.8) is 0 Å². The first-order valence-electron chi connectivity index (χ1n) is 8.64. The molecule has 2 aromatic heterocycles. The first kappa shape index (κ1) is 19.1. The normalized spacial score (nSPS) is 11.0. The lowest BCUT2D eigenvalue weighted by atomic mass is 10.2. The van der Waals surface area contributed by atoms with Crippen molar-refractivity contribution >= 4 is 18.1 Å². The fourth-order valence-corrected chi connectivity index (χ4v) is 2.98. The molecule has 0 aliphatic rings. The van der Waals surface area contributed by atoms with Crippen molar-refractivity contribution in [2.24, 2.45) is 5.10 Å². The van der Waals surface area contributed by atoms with Crippen LogP contribution in [-0.4, -0.2) is 33.8 Å². The van der Waals surface area contributed by atoms with Crippen LogP contribution in [0.25, 0.3) is 5.69 Å². The van der Waals surface area contributed by atoms with E-state index in [0.717, 1.165) is 22.6 Å². The fraction of sp³-hybridized carbons (Fsp3) is 0.200. The second-order valence-electron chi connectivity index (χ2n) is 6.31. The third-order valence-corrected chi connectivity index (χ3v) is 4.26. The van der Waals surface area contributed by atoms with Gasteiger partial charge in [-0.2, -0.15) is 5.10 Å². The molecule has 0 saturated carbocycles. The lowest BCUT2D eigenvalue weighted by Gasteiger charge is -2.10. The van der Waals surface area contributed by atoms with Gasteiger partial charge in [0.25, 0.3) is 5.56 Å². The molecule has 1 aromatic carbocycles. The number of methoxy groups -OCH3 is 1. The smallest absolute Gasteiger partial charge is 0.337 e. The standard InChI is InChI=1S/C20H21N5O3/c1-12-9-18(26)23-20(22-12)24-21-11-16-10-13(2)25(14(16)3)17-7-5-15(6-8-17)19(27)28-4/h5-11H,1-4H3,(H2,22,23,24,26). The number of esters is 1. The molecule has 2 N–H and O–H groups in total. The molecule has 28 heavy (non-hydrogen) atoms. The van der Waals surface area contributed by atoms with E-state index in [1.165, 1.54) is 13.2 Å². The van der Waals surface area contributed by atoms with Gasteiger partial charge in [0.2, 0.25) is 5.95 Å². The molecule has 0 bridgehead atoms. The van der Waals surface area contributed by atoms with Crippen molar-refractivity contribution in [1.29, 1.82) is 0 Å². The highest BCUT2D eigenvalue weighted by Crippen LogP contribution is 2.20. The third-order valence-electron chi connectivity index (χ3n) is 4.26. The zero-order valence-corrected chi connectivity index (χ0v) is 16.1. The highest BCUT2D eigenvalue weighted by atomic mass is 16.5. The lowest BCUT2D eigenvalue weighted by molar-refractivity contribution is 0.0600. The number of nitrogens with zero attached hydrogens (tertiary/aromatic N) is 3. The summed E-state index contributed by atoms with van der Waals surface area (Å²) < 4.78 is 6.80. The van der Waals surface area contributed by atoms with E-state index >= 15 is 0 Å². The van der Waals surface area contributed by atoms with Gasteiger partial charge in [0.15, 0.2) is 0 Å². The first-order valence-corrected chi connectivity index (χ1v) is 8.64. The molecule has 0 aliphatic heterocycles. The average molecular weight is 379 g/mol. The molecule has 0 aliphatic carbocycles. The molecule has 0 fully saturated rings. The van der Waals surface area contributed by atoms with Gasteiger partial charge in [0.1, 0.15) is 0 Å². The van der Waals surface area contributed by atoms with Crippen molar-refractivity contribution in [1.82, 2.24) is 14.5 Å². The van der Waals surface area contributed by atoms with Gasteiger partial charge in [-0.25, -0.2) is 15.2 Å². The molecule has 0 saturated heterocycles. The van der Waals surface area contributed by atoms with Crippen LogP contribution in [0.2, 0.25) is 0 Å². The van der Waals surface area contributed by atoms with Gasteiger partial charge >= 0.3 is 5.97 Å². The summed E-state index contributed by atoms with van der Waals surface area (Å²) in [6, 6.07) is 10.6. The molecule has 3 rings (SSSR count). The van der Waals surface area contributed by atoms with Crippen LogP contribution in [0.3, 0.4) is 0 Å².